The summed E-state index contributed by atoms with van der Waals surface area (Å²) in [6.07, 6.45) is 1.86. The summed E-state index contributed by atoms with van der Waals surface area (Å²) >= 11 is 6.12. The van der Waals surface area contributed by atoms with Crippen molar-refractivity contribution in [1.29, 1.82) is 0 Å². The van der Waals surface area contributed by atoms with Gasteiger partial charge in [-0.15, -0.1) is 0 Å². The molecule has 3 nitrogen and oxygen atoms in total. The minimum atomic E-state index is 0.422. The Morgan fingerprint density at radius 1 is 0.706 bits per heavy atom. The van der Waals surface area contributed by atoms with E-state index in [0.29, 0.717) is 11.6 Å². The largest absolute Gasteiger partial charge is 0.488 e. The summed E-state index contributed by atoms with van der Waals surface area (Å²) in [5.41, 5.74) is 2.77. The third-order valence-electron chi connectivity index (χ3n) is 5.37. The summed E-state index contributed by atoms with van der Waals surface area (Å²) in [5.74, 6) is 2.34. The van der Waals surface area contributed by atoms with Gasteiger partial charge >= 0.3 is 0 Å². The Bertz CT molecular complexity index is 1430. The average molecular weight is 464 g/mol. The SMILES string of the molecule is Clc1cccc(COc2ccc3ccccc3c2C=Nc2ccc(Oc3ccccc3)cc2)c1. The number of hydrogen-bond acceptors (Lipinski definition) is 3. The van der Waals surface area contributed by atoms with Gasteiger partial charge in [-0.2, -0.15) is 0 Å². The summed E-state index contributed by atoms with van der Waals surface area (Å²) in [5, 5.41) is 2.91. The number of aliphatic imine (C=N–C) groups is 1. The monoisotopic (exact) mass is 463 g/mol. The highest BCUT2D eigenvalue weighted by molar-refractivity contribution is 6.30. The Labute approximate surface area is 203 Å². The molecule has 0 amide bonds. The summed E-state index contributed by atoms with van der Waals surface area (Å²) in [4.78, 5) is 4.72. The topological polar surface area (TPSA) is 30.8 Å². The molecule has 0 fully saturated rings. The van der Waals surface area contributed by atoms with Gasteiger partial charge in [-0.05, 0) is 70.9 Å². The van der Waals surface area contributed by atoms with Crippen LogP contribution in [0.15, 0.2) is 120 Å². The molecule has 0 N–H and O–H groups in total. The highest BCUT2D eigenvalue weighted by Gasteiger charge is 2.08. The third-order valence-corrected chi connectivity index (χ3v) is 5.61. The van der Waals surface area contributed by atoms with E-state index in [0.717, 1.165) is 44.8 Å². The molecule has 5 aromatic rings. The third kappa shape index (κ3) is 5.28. The predicted octanol–water partition coefficient (Wildman–Crippen LogP) is 8.62. The van der Waals surface area contributed by atoms with E-state index in [1.165, 1.54) is 0 Å². The normalized spacial score (nSPS) is 11.1. The maximum Gasteiger partial charge on any atom is 0.129 e. The lowest BCUT2D eigenvalue weighted by atomic mass is 10.0. The second kappa shape index (κ2) is 10.2. The van der Waals surface area contributed by atoms with Gasteiger partial charge in [0.15, 0.2) is 0 Å². The Kier molecular flexibility index (Phi) is 6.55. The maximum absolute atomic E-state index is 6.19. The zero-order chi connectivity index (χ0) is 23.2. The van der Waals surface area contributed by atoms with Crippen LogP contribution in [-0.2, 0) is 6.61 Å². The van der Waals surface area contributed by atoms with Gasteiger partial charge in [-0.1, -0.05) is 72.3 Å². The standard InChI is InChI=1S/C30H22ClNO2/c31-24-9-6-7-22(19-24)21-33-30-18-13-23-8-4-5-12-28(23)29(30)20-32-25-14-16-27(17-15-25)34-26-10-2-1-3-11-26/h1-20H,21H2. The van der Waals surface area contributed by atoms with Crippen LogP contribution in [-0.4, -0.2) is 6.21 Å². The molecule has 5 rings (SSSR count). The van der Waals surface area contributed by atoms with E-state index in [2.05, 4.69) is 18.2 Å². The molecule has 166 valence electrons. The van der Waals surface area contributed by atoms with Crippen LogP contribution < -0.4 is 9.47 Å². The van der Waals surface area contributed by atoms with Crippen LogP contribution in [0.1, 0.15) is 11.1 Å². The van der Waals surface area contributed by atoms with Crippen molar-refractivity contribution < 1.29 is 9.47 Å². The molecule has 0 saturated carbocycles. The molecule has 0 unspecified atom stereocenters. The number of hydrogen-bond donors (Lipinski definition) is 0. The van der Waals surface area contributed by atoms with E-state index in [-0.39, 0.29) is 0 Å². The van der Waals surface area contributed by atoms with Gasteiger partial charge in [0.05, 0.1) is 5.69 Å². The van der Waals surface area contributed by atoms with Crippen LogP contribution in [0.25, 0.3) is 10.8 Å². The van der Waals surface area contributed by atoms with E-state index < -0.39 is 0 Å². The zero-order valence-corrected chi connectivity index (χ0v) is 19.2. The van der Waals surface area contributed by atoms with Crippen molar-refractivity contribution in [2.75, 3.05) is 0 Å². The molecule has 0 aromatic heterocycles. The van der Waals surface area contributed by atoms with Crippen LogP contribution in [0.2, 0.25) is 5.02 Å². The van der Waals surface area contributed by atoms with Crippen LogP contribution in [0.3, 0.4) is 0 Å². The molecule has 4 heteroatoms. The molecule has 0 bridgehead atoms. The van der Waals surface area contributed by atoms with E-state index in [1.54, 1.807) is 0 Å². The molecule has 34 heavy (non-hydrogen) atoms. The number of rotatable bonds is 7. The minimum Gasteiger partial charge on any atom is -0.488 e. The first-order chi connectivity index (χ1) is 16.7. The van der Waals surface area contributed by atoms with Gasteiger partial charge in [0.25, 0.3) is 0 Å². The second-order valence-electron chi connectivity index (χ2n) is 7.78. The van der Waals surface area contributed by atoms with Crippen molar-refractivity contribution in [3.63, 3.8) is 0 Å². The molecule has 0 aliphatic rings. The van der Waals surface area contributed by atoms with E-state index in [4.69, 9.17) is 26.1 Å². The summed E-state index contributed by atoms with van der Waals surface area (Å²) in [7, 11) is 0. The highest BCUT2D eigenvalue weighted by Crippen LogP contribution is 2.29. The van der Waals surface area contributed by atoms with Crippen molar-refractivity contribution in [3.05, 3.63) is 131 Å². The lowest BCUT2D eigenvalue weighted by Gasteiger charge is -2.12. The molecular weight excluding hydrogens is 442 g/mol. The van der Waals surface area contributed by atoms with Crippen LogP contribution in [0.5, 0.6) is 17.2 Å². The average Bonchev–Trinajstić information content (AvgIpc) is 2.88. The van der Waals surface area contributed by atoms with Gasteiger partial charge in [0.1, 0.15) is 23.9 Å². The molecular formula is C30H22ClNO2. The lowest BCUT2D eigenvalue weighted by molar-refractivity contribution is 0.306. The smallest absolute Gasteiger partial charge is 0.129 e. The van der Waals surface area contributed by atoms with E-state index in [9.17, 15) is 0 Å². The molecule has 0 saturated heterocycles. The van der Waals surface area contributed by atoms with Crippen molar-refractivity contribution >= 4 is 34.3 Å². The predicted molar refractivity (Wildman–Crippen MR) is 140 cm³/mol. The summed E-state index contributed by atoms with van der Waals surface area (Å²) in [6, 6.07) is 37.4. The first-order valence-electron chi connectivity index (χ1n) is 11.0. The van der Waals surface area contributed by atoms with Crippen molar-refractivity contribution in [2.24, 2.45) is 4.99 Å². The fourth-order valence-corrected chi connectivity index (χ4v) is 3.90. The second-order valence-corrected chi connectivity index (χ2v) is 8.22. The van der Waals surface area contributed by atoms with E-state index in [1.807, 2.05) is 103 Å². The van der Waals surface area contributed by atoms with Crippen molar-refractivity contribution in [1.82, 2.24) is 0 Å². The molecule has 0 heterocycles. The van der Waals surface area contributed by atoms with Crippen LogP contribution >= 0.6 is 11.6 Å². The summed E-state index contributed by atoms with van der Waals surface area (Å²) < 4.78 is 12.1. The maximum atomic E-state index is 6.19. The van der Waals surface area contributed by atoms with Crippen molar-refractivity contribution in [2.45, 2.75) is 6.61 Å². The zero-order valence-electron chi connectivity index (χ0n) is 18.4. The fraction of sp³-hybridized carbons (Fsp3) is 0.0333. The van der Waals surface area contributed by atoms with E-state index >= 15 is 0 Å². The van der Waals surface area contributed by atoms with Gasteiger partial charge in [0, 0.05) is 16.8 Å². The molecule has 0 spiro atoms. The molecule has 5 aromatic carbocycles. The van der Waals surface area contributed by atoms with Gasteiger partial charge < -0.3 is 9.47 Å². The Balaban J connectivity index is 1.39. The van der Waals surface area contributed by atoms with Crippen LogP contribution in [0, 0.1) is 0 Å². The Hall–Kier alpha value is -4.08. The number of ether oxygens (including phenoxy) is 2. The number of fused-ring (bicyclic) bond motifs is 1. The van der Waals surface area contributed by atoms with Crippen molar-refractivity contribution in [3.8, 4) is 17.2 Å². The Morgan fingerprint density at radius 3 is 2.29 bits per heavy atom. The molecule has 0 aliphatic heterocycles. The number of halogens is 1. The quantitative estimate of drug-likeness (QED) is 0.226. The molecule has 0 atom stereocenters. The van der Waals surface area contributed by atoms with Gasteiger partial charge in [-0.25, -0.2) is 0 Å². The first kappa shape index (κ1) is 21.7. The number of para-hydroxylation sites is 1. The number of nitrogens with zero attached hydrogens (tertiary/aromatic N) is 1. The minimum absolute atomic E-state index is 0.422. The van der Waals surface area contributed by atoms with Gasteiger partial charge in [0.2, 0.25) is 0 Å². The fourth-order valence-electron chi connectivity index (χ4n) is 3.69. The lowest BCUT2D eigenvalue weighted by Crippen LogP contribution is -1.99. The molecule has 0 radical (unpaired) electrons. The number of benzene rings is 5. The van der Waals surface area contributed by atoms with Gasteiger partial charge in [-0.3, -0.25) is 4.99 Å². The highest BCUT2D eigenvalue weighted by atomic mass is 35.5. The Morgan fingerprint density at radius 2 is 1.47 bits per heavy atom. The summed E-state index contributed by atoms with van der Waals surface area (Å²) in [6.45, 7) is 0.422. The molecule has 0 aliphatic carbocycles. The van der Waals surface area contributed by atoms with Crippen LogP contribution in [0.4, 0.5) is 5.69 Å². The first-order valence-corrected chi connectivity index (χ1v) is 11.4.